The lowest BCUT2D eigenvalue weighted by Crippen LogP contribution is -2.12. The van der Waals surface area contributed by atoms with Gasteiger partial charge in [0.25, 0.3) is 5.91 Å². The van der Waals surface area contributed by atoms with Crippen LogP contribution in [0.1, 0.15) is 27.3 Å². The van der Waals surface area contributed by atoms with Crippen molar-refractivity contribution in [3.63, 3.8) is 0 Å². The number of anilines is 1. The van der Waals surface area contributed by atoms with Crippen molar-refractivity contribution in [2.24, 2.45) is 7.05 Å². The van der Waals surface area contributed by atoms with Gasteiger partial charge < -0.3 is 5.32 Å². The van der Waals surface area contributed by atoms with E-state index in [9.17, 15) is 4.79 Å². The van der Waals surface area contributed by atoms with E-state index < -0.39 is 0 Å². The average molecular weight is 309 g/mol. The number of rotatable bonds is 4. The summed E-state index contributed by atoms with van der Waals surface area (Å²) in [5.41, 5.74) is 4.38. The van der Waals surface area contributed by atoms with Crippen molar-refractivity contribution in [1.82, 2.24) is 19.6 Å². The van der Waals surface area contributed by atoms with E-state index in [0.717, 1.165) is 5.69 Å². The quantitative estimate of drug-likeness (QED) is 0.805. The van der Waals surface area contributed by atoms with Crippen molar-refractivity contribution in [1.29, 1.82) is 0 Å². The van der Waals surface area contributed by atoms with E-state index >= 15 is 0 Å². The van der Waals surface area contributed by atoms with Crippen molar-refractivity contribution >= 4 is 11.6 Å². The predicted octanol–water partition coefficient (Wildman–Crippen LogP) is 2.53. The van der Waals surface area contributed by atoms with E-state index in [1.807, 2.05) is 26.2 Å². The standard InChI is InChI=1S/C17H19N5O/c1-12-5-4-6-14(7-12)10-22-11-15(9-18-22)19-17(23)16-8-13(2)21(3)20-16/h4-9,11H,10H2,1-3H3,(H,19,23). The van der Waals surface area contributed by atoms with Gasteiger partial charge in [-0.05, 0) is 25.5 Å². The molecule has 3 aromatic rings. The van der Waals surface area contributed by atoms with Crippen LogP contribution < -0.4 is 5.32 Å². The molecule has 0 bridgehead atoms. The minimum Gasteiger partial charge on any atom is -0.318 e. The van der Waals surface area contributed by atoms with Crippen molar-refractivity contribution < 1.29 is 4.79 Å². The molecule has 0 aliphatic heterocycles. The number of hydrogen-bond acceptors (Lipinski definition) is 3. The number of benzene rings is 1. The topological polar surface area (TPSA) is 64.7 Å². The van der Waals surface area contributed by atoms with Gasteiger partial charge in [-0.15, -0.1) is 0 Å². The highest BCUT2D eigenvalue weighted by Gasteiger charge is 2.12. The number of nitrogens with one attached hydrogen (secondary N) is 1. The Labute approximate surface area is 134 Å². The second-order valence-electron chi connectivity index (χ2n) is 5.66. The smallest absolute Gasteiger partial charge is 0.276 e. The lowest BCUT2D eigenvalue weighted by molar-refractivity contribution is 0.102. The number of aromatic nitrogens is 4. The zero-order valence-electron chi connectivity index (χ0n) is 13.4. The van der Waals surface area contributed by atoms with Gasteiger partial charge in [-0.1, -0.05) is 29.8 Å². The Morgan fingerprint density at radius 2 is 2.09 bits per heavy atom. The Morgan fingerprint density at radius 1 is 1.26 bits per heavy atom. The van der Waals surface area contributed by atoms with Crippen LogP contribution in [0.3, 0.4) is 0 Å². The Bertz CT molecular complexity index is 827. The van der Waals surface area contributed by atoms with Gasteiger partial charge in [0.2, 0.25) is 0 Å². The molecule has 0 atom stereocenters. The fourth-order valence-electron chi connectivity index (χ4n) is 2.38. The Hall–Kier alpha value is -2.89. The first kappa shape index (κ1) is 15.0. The van der Waals surface area contributed by atoms with E-state index in [1.54, 1.807) is 21.6 Å². The maximum atomic E-state index is 12.2. The molecule has 0 fully saturated rings. The fraction of sp³-hybridized carbons (Fsp3) is 0.235. The van der Waals surface area contributed by atoms with Crippen LogP contribution in [-0.2, 0) is 13.6 Å². The molecule has 2 aromatic heterocycles. The van der Waals surface area contributed by atoms with E-state index in [-0.39, 0.29) is 5.91 Å². The highest BCUT2D eigenvalue weighted by molar-refractivity contribution is 6.02. The number of hydrogen-bond donors (Lipinski definition) is 1. The molecule has 23 heavy (non-hydrogen) atoms. The molecule has 1 amide bonds. The summed E-state index contributed by atoms with van der Waals surface area (Å²) in [7, 11) is 1.81. The number of nitrogens with zero attached hydrogens (tertiary/aromatic N) is 4. The Morgan fingerprint density at radius 3 is 2.78 bits per heavy atom. The van der Waals surface area contributed by atoms with Crippen LogP contribution in [0.5, 0.6) is 0 Å². The van der Waals surface area contributed by atoms with Gasteiger partial charge in [-0.25, -0.2) is 0 Å². The van der Waals surface area contributed by atoms with Crippen LogP contribution in [0, 0.1) is 13.8 Å². The minimum absolute atomic E-state index is 0.233. The van der Waals surface area contributed by atoms with Crippen molar-refractivity contribution in [3.05, 3.63) is 65.2 Å². The molecule has 0 saturated heterocycles. The van der Waals surface area contributed by atoms with Gasteiger partial charge in [0.05, 0.1) is 18.4 Å². The molecule has 0 radical (unpaired) electrons. The number of carbonyl (C=O) groups excluding carboxylic acids is 1. The SMILES string of the molecule is Cc1cccc(Cn2cc(NC(=O)c3cc(C)n(C)n3)cn2)c1. The summed E-state index contributed by atoms with van der Waals surface area (Å²) in [6.07, 6.45) is 3.46. The summed E-state index contributed by atoms with van der Waals surface area (Å²) in [5.74, 6) is -0.233. The molecular formula is C17H19N5O. The molecule has 3 rings (SSSR count). The third-order valence-corrected chi connectivity index (χ3v) is 3.66. The third kappa shape index (κ3) is 3.48. The van der Waals surface area contributed by atoms with Crippen LogP contribution in [0.4, 0.5) is 5.69 Å². The maximum Gasteiger partial charge on any atom is 0.276 e. The number of aryl methyl sites for hydroxylation is 3. The second-order valence-corrected chi connectivity index (χ2v) is 5.66. The largest absolute Gasteiger partial charge is 0.318 e. The highest BCUT2D eigenvalue weighted by Crippen LogP contribution is 2.11. The van der Waals surface area contributed by atoms with Crippen molar-refractivity contribution in [2.45, 2.75) is 20.4 Å². The van der Waals surface area contributed by atoms with Gasteiger partial charge in [-0.3, -0.25) is 14.2 Å². The molecule has 2 heterocycles. The van der Waals surface area contributed by atoms with E-state index in [0.29, 0.717) is 17.9 Å². The summed E-state index contributed by atoms with van der Waals surface area (Å²) in [6, 6.07) is 10.0. The monoisotopic (exact) mass is 309 g/mol. The molecule has 1 N–H and O–H groups in total. The Kier molecular flexibility index (Phi) is 3.97. The van der Waals surface area contributed by atoms with Gasteiger partial charge in [0, 0.05) is 18.9 Å². The lowest BCUT2D eigenvalue weighted by Gasteiger charge is -2.03. The van der Waals surface area contributed by atoms with Crippen LogP contribution >= 0.6 is 0 Å². The molecule has 0 aliphatic carbocycles. The zero-order chi connectivity index (χ0) is 16.4. The number of carbonyl (C=O) groups is 1. The molecule has 1 aromatic carbocycles. The molecule has 0 aliphatic rings. The summed E-state index contributed by atoms with van der Waals surface area (Å²) in [4.78, 5) is 12.2. The third-order valence-electron chi connectivity index (χ3n) is 3.66. The fourth-order valence-corrected chi connectivity index (χ4v) is 2.38. The van der Waals surface area contributed by atoms with E-state index in [4.69, 9.17) is 0 Å². The summed E-state index contributed by atoms with van der Waals surface area (Å²) in [6.45, 7) is 4.64. The van der Waals surface area contributed by atoms with Gasteiger partial charge >= 0.3 is 0 Å². The van der Waals surface area contributed by atoms with Crippen molar-refractivity contribution in [3.8, 4) is 0 Å². The summed E-state index contributed by atoms with van der Waals surface area (Å²) < 4.78 is 3.48. The molecule has 6 heteroatoms. The van der Waals surface area contributed by atoms with Gasteiger partial charge in [0.15, 0.2) is 5.69 Å². The average Bonchev–Trinajstić information content (AvgIpc) is 3.06. The Balaban J connectivity index is 1.68. The first-order valence-corrected chi connectivity index (χ1v) is 7.41. The van der Waals surface area contributed by atoms with Gasteiger partial charge in [0.1, 0.15) is 0 Å². The molecule has 118 valence electrons. The van der Waals surface area contributed by atoms with Crippen LogP contribution in [0.2, 0.25) is 0 Å². The van der Waals surface area contributed by atoms with E-state index in [1.165, 1.54) is 11.1 Å². The first-order chi connectivity index (χ1) is 11.0. The molecule has 0 spiro atoms. The van der Waals surface area contributed by atoms with Crippen molar-refractivity contribution in [2.75, 3.05) is 5.32 Å². The lowest BCUT2D eigenvalue weighted by atomic mass is 10.1. The molecule has 0 unspecified atom stereocenters. The summed E-state index contributed by atoms with van der Waals surface area (Å²) in [5, 5.41) is 11.3. The normalized spacial score (nSPS) is 10.7. The van der Waals surface area contributed by atoms with Gasteiger partial charge in [-0.2, -0.15) is 10.2 Å². The van der Waals surface area contributed by atoms with Crippen LogP contribution in [0.15, 0.2) is 42.7 Å². The van der Waals surface area contributed by atoms with E-state index in [2.05, 4.69) is 40.6 Å². The summed E-state index contributed by atoms with van der Waals surface area (Å²) >= 11 is 0. The molecular weight excluding hydrogens is 290 g/mol. The predicted molar refractivity (Wildman–Crippen MR) is 88.4 cm³/mol. The molecule has 6 nitrogen and oxygen atoms in total. The minimum atomic E-state index is -0.233. The van der Waals surface area contributed by atoms with Crippen LogP contribution in [-0.4, -0.2) is 25.5 Å². The maximum absolute atomic E-state index is 12.2. The number of amides is 1. The zero-order valence-corrected chi connectivity index (χ0v) is 13.4. The first-order valence-electron chi connectivity index (χ1n) is 7.41. The second kappa shape index (κ2) is 6.08. The highest BCUT2D eigenvalue weighted by atomic mass is 16.2. The molecule has 0 saturated carbocycles. The van der Waals surface area contributed by atoms with Crippen LogP contribution in [0.25, 0.3) is 0 Å².